The quantitative estimate of drug-likeness (QED) is 0.526. The third-order valence-electron chi connectivity index (χ3n) is 2.97. The lowest BCUT2D eigenvalue weighted by molar-refractivity contribution is 0.442. The van der Waals surface area contributed by atoms with Gasteiger partial charge in [0.05, 0.1) is 0 Å². The number of hydrogen-bond donors (Lipinski definition) is 0. The van der Waals surface area contributed by atoms with Crippen molar-refractivity contribution >= 4 is 48.8 Å². The highest BCUT2D eigenvalue weighted by atomic mass is 79.9. The fraction of sp³-hybridized carbons (Fsp3) is 0. The summed E-state index contributed by atoms with van der Waals surface area (Å²) in [6, 6.07) is 15.2. The smallest absolute Gasteiger partial charge is 0.147 e. The van der Waals surface area contributed by atoms with Crippen molar-refractivity contribution in [2.24, 2.45) is 0 Å². The maximum atomic E-state index is 10.7. The molecule has 3 rings (SSSR count). The van der Waals surface area contributed by atoms with Crippen molar-refractivity contribution in [1.29, 1.82) is 0 Å². The van der Waals surface area contributed by atoms with Crippen LogP contribution in [0.4, 0.5) is 0 Å². The van der Waals surface area contributed by atoms with Gasteiger partial charge in [0.15, 0.2) is 0 Å². The maximum absolute atomic E-state index is 10.7. The van der Waals surface area contributed by atoms with Crippen molar-refractivity contribution in [1.82, 2.24) is 0 Å². The molecule has 3 nitrogen and oxygen atoms in total. The summed E-state index contributed by atoms with van der Waals surface area (Å²) in [4.78, 5) is 0. The van der Waals surface area contributed by atoms with Gasteiger partial charge in [0.25, 0.3) is 0 Å². The zero-order valence-electron chi connectivity index (χ0n) is 9.63. The lowest BCUT2D eigenvalue weighted by Crippen LogP contribution is -1.98. The molecule has 0 aliphatic heterocycles. The monoisotopic (exact) mass is 335 g/mol. The third-order valence-corrected chi connectivity index (χ3v) is 3.94. The molecule has 0 aromatic heterocycles. The Morgan fingerprint density at radius 3 is 2.32 bits per heavy atom. The highest BCUT2D eigenvalue weighted by Gasteiger charge is 2.08. The summed E-state index contributed by atoms with van der Waals surface area (Å²) in [6.07, 6.45) is 0. The van der Waals surface area contributed by atoms with Crippen LogP contribution in [-0.2, 0) is 11.4 Å². The lowest BCUT2D eigenvalue weighted by Gasteiger charge is -2.12. The Kier molecular flexibility index (Phi) is 3.26. The van der Waals surface area contributed by atoms with E-state index in [1.54, 1.807) is 12.1 Å². The van der Waals surface area contributed by atoms with E-state index >= 15 is 0 Å². The molecule has 0 bridgehead atoms. The Morgan fingerprint density at radius 2 is 1.58 bits per heavy atom. The van der Waals surface area contributed by atoms with Crippen LogP contribution in [0.15, 0.2) is 53.0 Å². The van der Waals surface area contributed by atoms with E-state index in [9.17, 15) is 8.76 Å². The Morgan fingerprint density at radius 1 is 0.947 bits per heavy atom. The van der Waals surface area contributed by atoms with Gasteiger partial charge in [0.2, 0.25) is 0 Å². The number of fused-ring (bicyclic) bond motifs is 3. The molecule has 0 spiro atoms. The second kappa shape index (κ2) is 4.92. The molecule has 96 valence electrons. The zero-order chi connectivity index (χ0) is 13.4. The SMILES string of the molecule is O=S([O-])Oc1cccc2c1cc(Br)c1ccccc12. The number of benzene rings is 3. The first-order chi connectivity index (χ1) is 9.16. The normalized spacial score (nSPS) is 12.7. The summed E-state index contributed by atoms with van der Waals surface area (Å²) < 4.78 is 27.2. The van der Waals surface area contributed by atoms with Gasteiger partial charge in [-0.2, -0.15) is 0 Å². The first-order valence-corrected chi connectivity index (χ1v) is 7.33. The summed E-state index contributed by atoms with van der Waals surface area (Å²) in [5, 5.41) is 3.85. The Labute approximate surface area is 120 Å². The molecular weight excluding hydrogens is 328 g/mol. The van der Waals surface area contributed by atoms with E-state index in [0.717, 1.165) is 26.0 Å². The molecule has 1 unspecified atom stereocenters. The Hall–Kier alpha value is -1.43. The summed E-state index contributed by atoms with van der Waals surface area (Å²) in [6.45, 7) is 0. The maximum Gasteiger partial charge on any atom is 0.147 e. The van der Waals surface area contributed by atoms with Crippen molar-refractivity contribution in [2.75, 3.05) is 0 Å². The summed E-state index contributed by atoms with van der Waals surface area (Å²) >= 11 is 0.931. The lowest BCUT2D eigenvalue weighted by atomic mass is 10.0. The van der Waals surface area contributed by atoms with Crippen LogP contribution in [0, 0.1) is 0 Å². The first-order valence-electron chi connectivity index (χ1n) is 5.54. The average molecular weight is 336 g/mol. The molecule has 1 atom stereocenters. The summed E-state index contributed by atoms with van der Waals surface area (Å²) in [5.74, 6) is 0.331. The molecule has 0 amide bonds. The van der Waals surface area contributed by atoms with E-state index in [4.69, 9.17) is 4.18 Å². The van der Waals surface area contributed by atoms with Gasteiger partial charge in [0.1, 0.15) is 17.1 Å². The van der Waals surface area contributed by atoms with Crippen LogP contribution >= 0.6 is 15.9 Å². The molecular formula is C14H8BrO3S-. The second-order valence-corrected chi connectivity index (χ2v) is 5.47. The van der Waals surface area contributed by atoms with Crippen LogP contribution in [0.1, 0.15) is 0 Å². The van der Waals surface area contributed by atoms with E-state index in [-0.39, 0.29) is 0 Å². The Bertz CT molecular complexity index is 801. The predicted molar refractivity (Wildman–Crippen MR) is 78.7 cm³/mol. The molecule has 19 heavy (non-hydrogen) atoms. The van der Waals surface area contributed by atoms with Crippen molar-refractivity contribution in [2.45, 2.75) is 0 Å². The van der Waals surface area contributed by atoms with Crippen LogP contribution in [-0.4, -0.2) is 8.76 Å². The molecule has 3 aromatic rings. The van der Waals surface area contributed by atoms with Crippen LogP contribution in [0.5, 0.6) is 5.75 Å². The van der Waals surface area contributed by atoms with Gasteiger partial charge in [-0.3, -0.25) is 0 Å². The molecule has 0 fully saturated rings. The molecule has 0 radical (unpaired) electrons. The van der Waals surface area contributed by atoms with E-state index in [0.29, 0.717) is 5.75 Å². The molecule has 0 aliphatic rings. The van der Waals surface area contributed by atoms with E-state index in [1.807, 2.05) is 36.4 Å². The minimum atomic E-state index is -2.58. The number of rotatable bonds is 2. The molecule has 0 heterocycles. The van der Waals surface area contributed by atoms with Gasteiger partial charge in [0, 0.05) is 9.86 Å². The summed E-state index contributed by atoms with van der Waals surface area (Å²) in [7, 11) is 0. The largest absolute Gasteiger partial charge is 0.740 e. The van der Waals surface area contributed by atoms with Crippen molar-refractivity contribution < 1.29 is 12.9 Å². The fourth-order valence-corrected chi connectivity index (χ4v) is 3.07. The van der Waals surface area contributed by atoms with E-state index in [2.05, 4.69) is 15.9 Å². The highest BCUT2D eigenvalue weighted by molar-refractivity contribution is 9.10. The van der Waals surface area contributed by atoms with Gasteiger partial charge in [-0.05, 0) is 28.3 Å². The number of halogens is 1. The van der Waals surface area contributed by atoms with E-state index < -0.39 is 11.4 Å². The van der Waals surface area contributed by atoms with Gasteiger partial charge in [-0.1, -0.05) is 52.3 Å². The minimum Gasteiger partial charge on any atom is -0.740 e. The summed E-state index contributed by atoms with van der Waals surface area (Å²) in [5.41, 5.74) is 0. The molecule has 0 saturated heterocycles. The highest BCUT2D eigenvalue weighted by Crippen LogP contribution is 2.36. The van der Waals surface area contributed by atoms with Crippen molar-refractivity contribution in [3.63, 3.8) is 0 Å². The topological polar surface area (TPSA) is 49.4 Å². The Balaban J connectivity index is 2.42. The van der Waals surface area contributed by atoms with Gasteiger partial charge in [-0.15, -0.1) is 0 Å². The van der Waals surface area contributed by atoms with E-state index in [1.165, 1.54) is 0 Å². The van der Waals surface area contributed by atoms with Crippen molar-refractivity contribution in [3.05, 3.63) is 53.0 Å². The molecule has 0 aliphatic carbocycles. The van der Waals surface area contributed by atoms with Crippen LogP contribution < -0.4 is 4.18 Å². The van der Waals surface area contributed by atoms with Gasteiger partial charge >= 0.3 is 0 Å². The average Bonchev–Trinajstić information content (AvgIpc) is 2.40. The second-order valence-electron chi connectivity index (χ2n) is 4.04. The molecule has 5 heteroatoms. The number of hydrogen-bond acceptors (Lipinski definition) is 3. The fourth-order valence-electron chi connectivity index (χ4n) is 2.20. The predicted octanol–water partition coefficient (Wildman–Crippen LogP) is 3.93. The molecule has 0 saturated carbocycles. The standard InChI is InChI=1S/C14H9BrO3S/c15-13-8-12-10(9-4-1-2-5-11(9)13)6-3-7-14(12)18-19(16)17/h1-8H,(H,16,17)/p-1. The zero-order valence-corrected chi connectivity index (χ0v) is 12.0. The van der Waals surface area contributed by atoms with Crippen LogP contribution in [0.3, 0.4) is 0 Å². The van der Waals surface area contributed by atoms with Gasteiger partial charge < -0.3 is 8.74 Å². The van der Waals surface area contributed by atoms with Gasteiger partial charge in [-0.25, -0.2) is 4.21 Å². The minimum absolute atomic E-state index is 0.331. The molecule has 3 aromatic carbocycles. The first kappa shape index (κ1) is 12.6. The van der Waals surface area contributed by atoms with Crippen molar-refractivity contribution in [3.8, 4) is 5.75 Å². The molecule has 0 N–H and O–H groups in total. The van der Waals surface area contributed by atoms with Crippen LogP contribution in [0.25, 0.3) is 21.5 Å². The third kappa shape index (κ3) is 2.25. The van der Waals surface area contributed by atoms with Crippen LogP contribution in [0.2, 0.25) is 0 Å².